The highest BCUT2D eigenvalue weighted by molar-refractivity contribution is 14.0. The second-order valence-corrected chi connectivity index (χ2v) is 6.15. The number of aromatic nitrogens is 2. The van der Waals surface area contributed by atoms with Gasteiger partial charge in [0.1, 0.15) is 12.4 Å². The van der Waals surface area contributed by atoms with Crippen molar-refractivity contribution in [3.05, 3.63) is 18.2 Å². The predicted octanol–water partition coefficient (Wildman–Crippen LogP) is 2.85. The number of hydrogen-bond acceptors (Lipinski definition) is 3. The van der Waals surface area contributed by atoms with Gasteiger partial charge in [0.2, 0.25) is 0 Å². The van der Waals surface area contributed by atoms with Crippen molar-refractivity contribution < 1.29 is 8.78 Å². The molecule has 1 aromatic heterocycles. The van der Waals surface area contributed by atoms with Crippen LogP contribution in [0.4, 0.5) is 8.78 Å². The van der Waals surface area contributed by atoms with Crippen LogP contribution in [0.2, 0.25) is 0 Å². The van der Waals surface area contributed by atoms with Crippen molar-refractivity contribution in [2.75, 3.05) is 18.8 Å². The van der Waals surface area contributed by atoms with Crippen molar-refractivity contribution in [1.82, 2.24) is 20.2 Å². The van der Waals surface area contributed by atoms with Gasteiger partial charge in [-0.2, -0.15) is 20.5 Å². The van der Waals surface area contributed by atoms with Gasteiger partial charge >= 0.3 is 6.55 Å². The molecule has 1 aliphatic heterocycles. The van der Waals surface area contributed by atoms with Crippen LogP contribution in [-0.2, 0) is 6.54 Å². The zero-order valence-corrected chi connectivity index (χ0v) is 15.6. The number of rotatable bonds is 6. The molecule has 0 aliphatic carbocycles. The van der Waals surface area contributed by atoms with Crippen LogP contribution >= 0.6 is 35.7 Å². The van der Waals surface area contributed by atoms with E-state index in [0.29, 0.717) is 11.2 Å². The lowest BCUT2D eigenvalue weighted by molar-refractivity contribution is 0.0671. The van der Waals surface area contributed by atoms with Crippen molar-refractivity contribution in [2.45, 2.75) is 38.1 Å². The van der Waals surface area contributed by atoms with E-state index in [-0.39, 0.29) is 36.3 Å². The topological polar surface area (TPSA) is 54.2 Å². The molecule has 1 aromatic rings. The number of nitrogens with zero attached hydrogens (tertiary/aromatic N) is 3. The van der Waals surface area contributed by atoms with E-state index in [1.807, 2.05) is 18.7 Å². The van der Waals surface area contributed by atoms with E-state index in [4.69, 9.17) is 0 Å². The molecule has 1 fully saturated rings. The molecular weight excluding hydrogens is 423 g/mol. The minimum atomic E-state index is -2.58. The summed E-state index contributed by atoms with van der Waals surface area (Å²) in [6.07, 6.45) is 5.11. The molecule has 1 unspecified atom stereocenters. The number of halogens is 3. The van der Waals surface area contributed by atoms with Crippen molar-refractivity contribution in [1.29, 1.82) is 0 Å². The Balaban J connectivity index is 0.00000242. The lowest BCUT2D eigenvalue weighted by atomic mass is 10.2. The number of guanidine groups is 1. The van der Waals surface area contributed by atoms with Gasteiger partial charge in [0, 0.05) is 30.7 Å². The predicted molar refractivity (Wildman–Crippen MR) is 97.2 cm³/mol. The van der Waals surface area contributed by atoms with Crippen LogP contribution in [0.3, 0.4) is 0 Å². The Morgan fingerprint density at radius 2 is 2.36 bits per heavy atom. The maximum atomic E-state index is 12.7. The highest BCUT2D eigenvalue weighted by Gasteiger charge is 2.16. The van der Waals surface area contributed by atoms with E-state index in [1.165, 1.54) is 31.0 Å². The summed E-state index contributed by atoms with van der Waals surface area (Å²) in [6, 6.07) is 0. The summed E-state index contributed by atoms with van der Waals surface area (Å²) in [5, 5.41) is 7.00. The molecule has 0 bridgehead atoms. The largest absolute Gasteiger partial charge is 0.357 e. The van der Waals surface area contributed by atoms with Crippen LogP contribution in [0.1, 0.15) is 32.1 Å². The maximum absolute atomic E-state index is 12.7. The van der Waals surface area contributed by atoms with Crippen LogP contribution < -0.4 is 10.6 Å². The van der Waals surface area contributed by atoms with Crippen LogP contribution in [0.5, 0.6) is 0 Å². The van der Waals surface area contributed by atoms with Crippen molar-refractivity contribution in [3.63, 3.8) is 0 Å². The molecule has 9 heteroatoms. The summed E-state index contributed by atoms with van der Waals surface area (Å²) in [4.78, 5) is 8.25. The van der Waals surface area contributed by atoms with Gasteiger partial charge in [0.25, 0.3) is 0 Å². The quantitative estimate of drug-likeness (QED) is 0.402. The SMILES string of the molecule is CCNC(=NCc1nccn1C(F)F)NCC1CCCS1.I. The first-order chi connectivity index (χ1) is 10.2. The molecule has 2 rings (SSSR count). The van der Waals surface area contributed by atoms with E-state index < -0.39 is 6.55 Å². The Hall–Kier alpha value is -0.580. The molecule has 2 N–H and O–H groups in total. The normalized spacial score (nSPS) is 18.4. The molecule has 126 valence electrons. The summed E-state index contributed by atoms with van der Waals surface area (Å²) < 4.78 is 26.3. The van der Waals surface area contributed by atoms with Gasteiger partial charge in [-0.05, 0) is 25.5 Å². The Morgan fingerprint density at radius 3 is 3.00 bits per heavy atom. The standard InChI is InChI=1S/C13H21F2N5S.HI/c1-2-16-13(18-8-10-4-3-7-21-10)19-9-11-17-5-6-20(11)12(14)15;/h5-6,10,12H,2-4,7-9H2,1H3,(H2,16,18,19);1H. The number of hydrogen-bond donors (Lipinski definition) is 2. The third kappa shape index (κ3) is 5.90. The molecule has 1 aliphatic rings. The molecule has 0 aromatic carbocycles. The zero-order chi connectivity index (χ0) is 15.1. The molecule has 0 saturated carbocycles. The van der Waals surface area contributed by atoms with Crippen LogP contribution in [0.25, 0.3) is 0 Å². The van der Waals surface area contributed by atoms with E-state index >= 15 is 0 Å². The van der Waals surface area contributed by atoms with E-state index in [9.17, 15) is 8.78 Å². The van der Waals surface area contributed by atoms with Crippen molar-refractivity contribution in [2.24, 2.45) is 4.99 Å². The number of aliphatic imine (C=N–C) groups is 1. The van der Waals surface area contributed by atoms with Gasteiger partial charge in [0.05, 0.1) is 0 Å². The van der Waals surface area contributed by atoms with Crippen LogP contribution in [-0.4, -0.2) is 39.6 Å². The van der Waals surface area contributed by atoms with Gasteiger partial charge in [-0.15, -0.1) is 24.0 Å². The lowest BCUT2D eigenvalue weighted by Crippen LogP contribution is -2.40. The van der Waals surface area contributed by atoms with Crippen LogP contribution in [0.15, 0.2) is 17.4 Å². The minimum absolute atomic E-state index is 0. The first-order valence-electron chi connectivity index (χ1n) is 7.14. The van der Waals surface area contributed by atoms with Crippen LogP contribution in [0, 0.1) is 0 Å². The van der Waals surface area contributed by atoms with Gasteiger partial charge in [-0.1, -0.05) is 0 Å². The lowest BCUT2D eigenvalue weighted by Gasteiger charge is -2.14. The molecule has 1 atom stereocenters. The second kappa shape index (κ2) is 10.2. The third-order valence-corrected chi connectivity index (χ3v) is 4.60. The maximum Gasteiger partial charge on any atom is 0.319 e. The average molecular weight is 445 g/mol. The van der Waals surface area contributed by atoms with Gasteiger partial charge in [0.15, 0.2) is 5.96 Å². The summed E-state index contributed by atoms with van der Waals surface area (Å²) in [5.74, 6) is 2.12. The monoisotopic (exact) mass is 445 g/mol. The molecule has 2 heterocycles. The van der Waals surface area contributed by atoms with E-state index in [2.05, 4.69) is 20.6 Å². The Bertz CT molecular complexity index is 463. The summed E-state index contributed by atoms with van der Waals surface area (Å²) in [5.41, 5.74) is 0. The number of alkyl halides is 2. The number of nitrogens with one attached hydrogen (secondary N) is 2. The van der Waals surface area contributed by atoms with Gasteiger partial charge < -0.3 is 10.6 Å². The second-order valence-electron chi connectivity index (χ2n) is 4.74. The zero-order valence-electron chi connectivity index (χ0n) is 12.5. The fourth-order valence-electron chi connectivity index (χ4n) is 2.15. The Morgan fingerprint density at radius 1 is 1.55 bits per heavy atom. The molecule has 22 heavy (non-hydrogen) atoms. The van der Waals surface area contributed by atoms with Gasteiger partial charge in [-0.25, -0.2) is 9.98 Å². The Kier molecular flexibility index (Phi) is 9.06. The number of imidazole rings is 1. The highest BCUT2D eigenvalue weighted by Crippen LogP contribution is 2.25. The van der Waals surface area contributed by atoms with E-state index in [1.54, 1.807) is 0 Å². The van der Waals surface area contributed by atoms with Crippen molar-refractivity contribution >= 4 is 41.7 Å². The fraction of sp³-hybridized carbons (Fsp3) is 0.692. The summed E-state index contributed by atoms with van der Waals surface area (Å²) >= 11 is 1.96. The molecule has 1 saturated heterocycles. The smallest absolute Gasteiger partial charge is 0.319 e. The third-order valence-electron chi connectivity index (χ3n) is 3.20. The Labute approximate surface area is 150 Å². The molecule has 0 radical (unpaired) electrons. The summed E-state index contributed by atoms with van der Waals surface area (Å²) in [7, 11) is 0. The molecule has 5 nitrogen and oxygen atoms in total. The molecule has 0 amide bonds. The first-order valence-corrected chi connectivity index (χ1v) is 8.19. The molecular formula is C13H22F2IN5S. The van der Waals surface area contributed by atoms with Crippen molar-refractivity contribution in [3.8, 4) is 0 Å². The molecule has 0 spiro atoms. The minimum Gasteiger partial charge on any atom is -0.357 e. The summed E-state index contributed by atoms with van der Waals surface area (Å²) in [6.45, 7) is 1.10. The number of thioether (sulfide) groups is 1. The van der Waals surface area contributed by atoms with E-state index in [0.717, 1.165) is 17.7 Å². The van der Waals surface area contributed by atoms with Gasteiger partial charge in [-0.3, -0.25) is 4.57 Å². The first kappa shape index (κ1) is 19.5. The average Bonchev–Trinajstić information content (AvgIpc) is 3.12. The fourth-order valence-corrected chi connectivity index (χ4v) is 3.35. The highest BCUT2D eigenvalue weighted by atomic mass is 127.